The minimum Gasteiger partial charge on any atom is -0.355 e. The molecule has 3 aromatic rings. The topological polar surface area (TPSA) is 75.4 Å². The van der Waals surface area contributed by atoms with Crippen molar-refractivity contribution in [2.24, 2.45) is 0 Å². The SMILES string of the molecule is O=C(NCc1ccccc1)[C@@H]1CCCN1C(=O)c1cc(-c2ccccc2)on1. The van der Waals surface area contributed by atoms with Gasteiger partial charge in [0.15, 0.2) is 11.5 Å². The van der Waals surface area contributed by atoms with Crippen molar-refractivity contribution in [3.05, 3.63) is 78.0 Å². The van der Waals surface area contributed by atoms with E-state index in [4.69, 9.17) is 4.52 Å². The van der Waals surface area contributed by atoms with Crippen LogP contribution in [0.1, 0.15) is 28.9 Å². The fourth-order valence-electron chi connectivity index (χ4n) is 3.45. The number of carbonyl (C=O) groups is 2. The molecule has 6 heteroatoms. The molecule has 6 nitrogen and oxygen atoms in total. The molecule has 142 valence electrons. The zero-order valence-corrected chi connectivity index (χ0v) is 15.4. The monoisotopic (exact) mass is 375 g/mol. The van der Waals surface area contributed by atoms with Crippen LogP contribution in [0.2, 0.25) is 0 Å². The summed E-state index contributed by atoms with van der Waals surface area (Å²) in [4.78, 5) is 27.1. The number of rotatable bonds is 5. The summed E-state index contributed by atoms with van der Waals surface area (Å²) in [7, 11) is 0. The van der Waals surface area contributed by atoms with Gasteiger partial charge in [0.1, 0.15) is 6.04 Å². The predicted octanol–water partition coefficient (Wildman–Crippen LogP) is 3.26. The average Bonchev–Trinajstić information content (AvgIpc) is 3.43. The molecule has 2 amide bonds. The molecule has 1 aliphatic rings. The van der Waals surface area contributed by atoms with Gasteiger partial charge in [0.2, 0.25) is 5.91 Å². The molecule has 2 aromatic carbocycles. The van der Waals surface area contributed by atoms with Gasteiger partial charge in [-0.25, -0.2) is 0 Å². The van der Waals surface area contributed by atoms with E-state index in [1.807, 2.05) is 60.7 Å². The van der Waals surface area contributed by atoms with Crippen LogP contribution in [-0.2, 0) is 11.3 Å². The summed E-state index contributed by atoms with van der Waals surface area (Å²) in [5, 5.41) is 6.86. The number of likely N-dealkylation sites (tertiary alicyclic amines) is 1. The van der Waals surface area contributed by atoms with Gasteiger partial charge in [-0.15, -0.1) is 0 Å². The number of hydrogen-bond donors (Lipinski definition) is 1. The molecule has 4 rings (SSSR count). The van der Waals surface area contributed by atoms with Crippen LogP contribution < -0.4 is 5.32 Å². The Hall–Kier alpha value is -3.41. The molecule has 0 unspecified atom stereocenters. The molecule has 1 fully saturated rings. The molecule has 1 N–H and O–H groups in total. The quantitative estimate of drug-likeness (QED) is 0.743. The number of hydrogen-bond acceptors (Lipinski definition) is 4. The van der Waals surface area contributed by atoms with Crippen LogP contribution in [0.5, 0.6) is 0 Å². The van der Waals surface area contributed by atoms with E-state index in [9.17, 15) is 9.59 Å². The molecular weight excluding hydrogens is 354 g/mol. The predicted molar refractivity (Wildman–Crippen MR) is 104 cm³/mol. The molecule has 1 aromatic heterocycles. The molecular formula is C22H21N3O3. The second-order valence-electron chi connectivity index (χ2n) is 6.80. The third-order valence-electron chi connectivity index (χ3n) is 4.91. The minimum atomic E-state index is -0.479. The molecule has 0 aliphatic carbocycles. The Bertz CT molecular complexity index is 953. The largest absolute Gasteiger partial charge is 0.355 e. The Morgan fingerprint density at radius 2 is 1.79 bits per heavy atom. The highest BCUT2D eigenvalue weighted by Crippen LogP contribution is 2.24. The first kappa shape index (κ1) is 18.0. The van der Waals surface area contributed by atoms with Crippen molar-refractivity contribution in [2.75, 3.05) is 6.54 Å². The molecule has 0 bridgehead atoms. The molecule has 1 atom stereocenters. The van der Waals surface area contributed by atoms with Crippen molar-refractivity contribution in [2.45, 2.75) is 25.4 Å². The molecule has 28 heavy (non-hydrogen) atoms. The third-order valence-corrected chi connectivity index (χ3v) is 4.91. The van der Waals surface area contributed by atoms with Crippen LogP contribution in [-0.4, -0.2) is 34.5 Å². The van der Waals surface area contributed by atoms with Crippen LogP contribution in [0.25, 0.3) is 11.3 Å². The number of amides is 2. The van der Waals surface area contributed by atoms with Crippen molar-refractivity contribution in [1.82, 2.24) is 15.4 Å². The first-order chi connectivity index (χ1) is 13.7. The second-order valence-corrected chi connectivity index (χ2v) is 6.80. The number of nitrogens with zero attached hydrogens (tertiary/aromatic N) is 2. The van der Waals surface area contributed by atoms with Gasteiger partial charge in [-0.2, -0.15) is 0 Å². The second kappa shape index (κ2) is 8.08. The van der Waals surface area contributed by atoms with E-state index >= 15 is 0 Å². The van der Waals surface area contributed by atoms with E-state index in [2.05, 4.69) is 10.5 Å². The minimum absolute atomic E-state index is 0.138. The van der Waals surface area contributed by atoms with E-state index in [1.165, 1.54) is 0 Å². The Labute approximate surface area is 163 Å². The van der Waals surface area contributed by atoms with Gasteiger partial charge in [-0.05, 0) is 18.4 Å². The number of aromatic nitrogens is 1. The van der Waals surface area contributed by atoms with Gasteiger partial charge in [-0.3, -0.25) is 9.59 Å². The summed E-state index contributed by atoms with van der Waals surface area (Å²) < 4.78 is 5.33. The Morgan fingerprint density at radius 3 is 2.54 bits per heavy atom. The molecule has 0 saturated carbocycles. The van der Waals surface area contributed by atoms with Crippen LogP contribution in [0, 0.1) is 0 Å². The number of nitrogens with one attached hydrogen (secondary N) is 1. The summed E-state index contributed by atoms with van der Waals surface area (Å²) in [6.07, 6.45) is 1.44. The van der Waals surface area contributed by atoms with Gasteiger partial charge in [0, 0.05) is 24.7 Å². The molecule has 0 radical (unpaired) electrons. The lowest BCUT2D eigenvalue weighted by atomic mass is 10.1. The fourth-order valence-corrected chi connectivity index (χ4v) is 3.45. The van der Waals surface area contributed by atoms with E-state index in [1.54, 1.807) is 11.0 Å². The zero-order valence-electron chi connectivity index (χ0n) is 15.4. The van der Waals surface area contributed by atoms with Crippen LogP contribution in [0.3, 0.4) is 0 Å². The van der Waals surface area contributed by atoms with Gasteiger partial charge >= 0.3 is 0 Å². The van der Waals surface area contributed by atoms with Crippen molar-refractivity contribution in [3.8, 4) is 11.3 Å². The summed E-state index contributed by atoms with van der Waals surface area (Å²) in [5.41, 5.74) is 2.10. The molecule has 1 saturated heterocycles. The van der Waals surface area contributed by atoms with Crippen molar-refractivity contribution in [3.63, 3.8) is 0 Å². The molecule has 1 aliphatic heterocycles. The van der Waals surface area contributed by atoms with Crippen LogP contribution in [0.15, 0.2) is 71.3 Å². The van der Waals surface area contributed by atoms with Crippen molar-refractivity contribution in [1.29, 1.82) is 0 Å². The lowest BCUT2D eigenvalue weighted by molar-refractivity contribution is -0.125. The maximum Gasteiger partial charge on any atom is 0.276 e. The maximum absolute atomic E-state index is 12.9. The summed E-state index contributed by atoms with van der Waals surface area (Å²) in [6, 6.07) is 20.4. The Balaban J connectivity index is 1.43. The lowest BCUT2D eigenvalue weighted by Crippen LogP contribution is -2.45. The maximum atomic E-state index is 12.9. The van der Waals surface area contributed by atoms with Crippen molar-refractivity contribution >= 4 is 11.8 Å². The summed E-state index contributed by atoms with van der Waals surface area (Å²) in [5.74, 6) is 0.123. The normalized spacial score (nSPS) is 16.1. The van der Waals surface area contributed by atoms with Crippen LogP contribution in [0.4, 0.5) is 0 Å². The van der Waals surface area contributed by atoms with Gasteiger partial charge in [0.25, 0.3) is 5.91 Å². The fraction of sp³-hybridized carbons (Fsp3) is 0.227. The van der Waals surface area contributed by atoms with Gasteiger partial charge < -0.3 is 14.7 Å². The lowest BCUT2D eigenvalue weighted by Gasteiger charge is -2.23. The van der Waals surface area contributed by atoms with E-state index in [0.717, 1.165) is 17.5 Å². The standard InChI is InChI=1S/C22H21N3O3/c26-21(23-15-16-8-3-1-4-9-16)19-12-7-13-25(19)22(27)18-14-20(28-24-18)17-10-5-2-6-11-17/h1-6,8-11,14,19H,7,12-13,15H2,(H,23,26)/t19-/m0/s1. The smallest absolute Gasteiger partial charge is 0.276 e. The first-order valence-electron chi connectivity index (χ1n) is 9.37. The van der Waals surface area contributed by atoms with Crippen molar-refractivity contribution < 1.29 is 14.1 Å². The Morgan fingerprint density at radius 1 is 1.07 bits per heavy atom. The third kappa shape index (κ3) is 3.81. The summed E-state index contributed by atoms with van der Waals surface area (Å²) >= 11 is 0. The average molecular weight is 375 g/mol. The zero-order chi connectivity index (χ0) is 19.3. The highest BCUT2D eigenvalue weighted by molar-refractivity contribution is 5.97. The van der Waals surface area contributed by atoms with E-state index in [0.29, 0.717) is 25.3 Å². The van der Waals surface area contributed by atoms with E-state index < -0.39 is 6.04 Å². The van der Waals surface area contributed by atoms with Gasteiger partial charge in [-0.1, -0.05) is 65.8 Å². The highest BCUT2D eigenvalue weighted by atomic mass is 16.5. The number of carbonyl (C=O) groups excluding carboxylic acids is 2. The molecule has 2 heterocycles. The number of benzene rings is 2. The molecule has 0 spiro atoms. The highest BCUT2D eigenvalue weighted by Gasteiger charge is 2.35. The van der Waals surface area contributed by atoms with E-state index in [-0.39, 0.29) is 17.5 Å². The van der Waals surface area contributed by atoms with Gasteiger partial charge in [0.05, 0.1) is 0 Å². The summed E-state index contributed by atoms with van der Waals surface area (Å²) in [6.45, 7) is 0.982. The first-order valence-corrected chi connectivity index (χ1v) is 9.37. The Kier molecular flexibility index (Phi) is 5.19. The van der Waals surface area contributed by atoms with Crippen LogP contribution >= 0.6 is 0 Å².